The second kappa shape index (κ2) is 7.49. The van der Waals surface area contributed by atoms with Gasteiger partial charge in [0.2, 0.25) is 0 Å². The van der Waals surface area contributed by atoms with Crippen molar-refractivity contribution >= 4 is 0 Å². The van der Waals surface area contributed by atoms with Crippen LogP contribution in [0.15, 0.2) is 0 Å². The standard InChI is InChI=1S/C12H24O7/c13-4-2-1-3-8(15)5-12(18)10(6-14)19-7-9(16)11(12)17/h8-11,13-18H,1-7H2/t8?,9-,10+,11+,12+/m0/s1. The van der Waals surface area contributed by atoms with E-state index in [1.165, 1.54) is 0 Å². The molecule has 0 spiro atoms. The average Bonchev–Trinajstić information content (AvgIpc) is 2.37. The Balaban J connectivity index is 2.62. The van der Waals surface area contributed by atoms with Gasteiger partial charge in [-0.15, -0.1) is 0 Å². The number of ether oxygens (including phenoxy) is 1. The van der Waals surface area contributed by atoms with Crippen LogP contribution in [0.2, 0.25) is 0 Å². The molecule has 1 fully saturated rings. The molecular formula is C12H24O7. The first-order valence-electron chi connectivity index (χ1n) is 6.55. The van der Waals surface area contributed by atoms with Crippen LogP contribution in [0.3, 0.4) is 0 Å². The van der Waals surface area contributed by atoms with Crippen LogP contribution in [-0.4, -0.2) is 80.5 Å². The summed E-state index contributed by atoms with van der Waals surface area (Å²) in [6.07, 6.45) is -3.42. The van der Waals surface area contributed by atoms with Crippen LogP contribution in [0, 0.1) is 0 Å². The summed E-state index contributed by atoms with van der Waals surface area (Å²) in [7, 11) is 0. The van der Waals surface area contributed by atoms with Gasteiger partial charge in [-0.25, -0.2) is 0 Å². The monoisotopic (exact) mass is 280 g/mol. The third kappa shape index (κ3) is 4.09. The lowest BCUT2D eigenvalue weighted by atomic mass is 9.80. The molecule has 0 aromatic carbocycles. The van der Waals surface area contributed by atoms with Gasteiger partial charge in [-0.05, 0) is 19.3 Å². The number of aliphatic hydroxyl groups excluding tert-OH is 5. The van der Waals surface area contributed by atoms with E-state index in [1.807, 2.05) is 0 Å². The van der Waals surface area contributed by atoms with E-state index in [0.717, 1.165) is 0 Å². The third-order valence-corrected chi connectivity index (χ3v) is 3.58. The molecule has 0 amide bonds. The first-order valence-corrected chi connectivity index (χ1v) is 6.55. The first-order chi connectivity index (χ1) is 8.95. The summed E-state index contributed by atoms with van der Waals surface area (Å²) in [6.45, 7) is -0.653. The Morgan fingerprint density at radius 2 is 1.89 bits per heavy atom. The van der Waals surface area contributed by atoms with Gasteiger partial charge in [-0.1, -0.05) is 0 Å². The quantitative estimate of drug-likeness (QED) is 0.290. The second-order valence-electron chi connectivity index (χ2n) is 5.09. The van der Waals surface area contributed by atoms with Gasteiger partial charge < -0.3 is 35.4 Å². The van der Waals surface area contributed by atoms with Gasteiger partial charge >= 0.3 is 0 Å². The lowest BCUT2D eigenvalue weighted by Gasteiger charge is -2.45. The van der Waals surface area contributed by atoms with Crippen molar-refractivity contribution in [1.29, 1.82) is 0 Å². The van der Waals surface area contributed by atoms with Crippen LogP contribution >= 0.6 is 0 Å². The molecule has 19 heavy (non-hydrogen) atoms. The van der Waals surface area contributed by atoms with E-state index in [0.29, 0.717) is 19.3 Å². The number of hydrogen-bond acceptors (Lipinski definition) is 7. The van der Waals surface area contributed by atoms with Crippen LogP contribution in [-0.2, 0) is 4.74 Å². The van der Waals surface area contributed by atoms with Crippen molar-refractivity contribution in [2.45, 2.75) is 55.7 Å². The molecule has 7 nitrogen and oxygen atoms in total. The number of rotatable bonds is 7. The molecule has 1 aliphatic rings. The molecule has 7 heteroatoms. The van der Waals surface area contributed by atoms with Crippen LogP contribution in [0.5, 0.6) is 0 Å². The second-order valence-corrected chi connectivity index (χ2v) is 5.09. The number of hydrogen-bond donors (Lipinski definition) is 6. The Hall–Kier alpha value is -0.280. The van der Waals surface area contributed by atoms with Crippen molar-refractivity contribution in [3.8, 4) is 0 Å². The summed E-state index contributed by atoms with van der Waals surface area (Å²) >= 11 is 0. The van der Waals surface area contributed by atoms with Crippen molar-refractivity contribution < 1.29 is 35.4 Å². The van der Waals surface area contributed by atoms with Crippen molar-refractivity contribution in [2.75, 3.05) is 19.8 Å². The molecule has 0 aromatic rings. The summed E-state index contributed by atoms with van der Waals surface area (Å²) in [5, 5.41) is 57.4. The molecular weight excluding hydrogens is 256 g/mol. The summed E-state index contributed by atoms with van der Waals surface area (Å²) in [4.78, 5) is 0. The Bertz CT molecular complexity index is 258. The van der Waals surface area contributed by atoms with Gasteiger partial charge in [0.05, 0.1) is 19.3 Å². The smallest absolute Gasteiger partial charge is 0.124 e. The zero-order valence-corrected chi connectivity index (χ0v) is 10.9. The highest BCUT2D eigenvalue weighted by Gasteiger charge is 2.51. The Morgan fingerprint density at radius 1 is 1.21 bits per heavy atom. The molecule has 0 saturated carbocycles. The molecule has 1 unspecified atom stereocenters. The molecule has 6 N–H and O–H groups in total. The maximum atomic E-state index is 10.4. The van der Waals surface area contributed by atoms with Crippen LogP contribution in [0.4, 0.5) is 0 Å². The van der Waals surface area contributed by atoms with Gasteiger partial charge in [-0.3, -0.25) is 0 Å². The maximum Gasteiger partial charge on any atom is 0.124 e. The van der Waals surface area contributed by atoms with Gasteiger partial charge in [0, 0.05) is 13.0 Å². The summed E-state index contributed by atoms with van der Waals surface area (Å²) in [5.41, 5.74) is -1.88. The van der Waals surface area contributed by atoms with Gasteiger partial charge in [-0.2, -0.15) is 0 Å². The van der Waals surface area contributed by atoms with Gasteiger partial charge in [0.1, 0.15) is 23.9 Å². The Morgan fingerprint density at radius 3 is 2.47 bits per heavy atom. The molecule has 0 aliphatic carbocycles. The average molecular weight is 280 g/mol. The van der Waals surface area contributed by atoms with E-state index >= 15 is 0 Å². The number of aliphatic hydroxyl groups is 6. The fraction of sp³-hybridized carbons (Fsp3) is 1.00. The van der Waals surface area contributed by atoms with Crippen LogP contribution < -0.4 is 0 Å². The number of unbranched alkanes of at least 4 members (excludes halogenated alkanes) is 1. The molecule has 1 saturated heterocycles. The molecule has 114 valence electrons. The van der Waals surface area contributed by atoms with Crippen LogP contribution in [0.25, 0.3) is 0 Å². The Labute approximate surface area is 112 Å². The molecule has 1 aliphatic heterocycles. The largest absolute Gasteiger partial charge is 0.396 e. The van der Waals surface area contributed by atoms with Gasteiger partial charge in [0.25, 0.3) is 0 Å². The van der Waals surface area contributed by atoms with Crippen molar-refractivity contribution in [3.63, 3.8) is 0 Å². The minimum absolute atomic E-state index is 0.0285. The maximum absolute atomic E-state index is 10.4. The van der Waals surface area contributed by atoms with E-state index < -0.39 is 36.6 Å². The van der Waals surface area contributed by atoms with E-state index in [2.05, 4.69) is 0 Å². The summed E-state index contributed by atoms with van der Waals surface area (Å²) < 4.78 is 5.09. The third-order valence-electron chi connectivity index (χ3n) is 3.58. The lowest BCUT2D eigenvalue weighted by molar-refractivity contribution is -0.257. The Kier molecular flexibility index (Phi) is 6.61. The zero-order chi connectivity index (χ0) is 14.5. The topological polar surface area (TPSA) is 131 Å². The molecule has 0 bridgehead atoms. The van der Waals surface area contributed by atoms with Crippen molar-refractivity contribution in [3.05, 3.63) is 0 Å². The normalized spacial score (nSPS) is 37.3. The minimum Gasteiger partial charge on any atom is -0.396 e. The highest BCUT2D eigenvalue weighted by molar-refractivity contribution is 5.01. The molecule has 1 rings (SSSR count). The molecule has 0 radical (unpaired) electrons. The highest BCUT2D eigenvalue weighted by Crippen LogP contribution is 2.31. The summed E-state index contributed by atoms with van der Waals surface area (Å²) in [6, 6.07) is 0. The van der Waals surface area contributed by atoms with Crippen LogP contribution in [0.1, 0.15) is 25.7 Å². The molecule has 5 atom stereocenters. The van der Waals surface area contributed by atoms with E-state index in [1.54, 1.807) is 0 Å². The fourth-order valence-electron chi connectivity index (χ4n) is 2.41. The fourth-order valence-corrected chi connectivity index (χ4v) is 2.41. The predicted molar refractivity (Wildman–Crippen MR) is 65.3 cm³/mol. The highest BCUT2D eigenvalue weighted by atomic mass is 16.5. The van der Waals surface area contributed by atoms with E-state index in [4.69, 9.17) is 14.9 Å². The van der Waals surface area contributed by atoms with Crippen molar-refractivity contribution in [2.24, 2.45) is 0 Å². The molecule has 0 aromatic heterocycles. The van der Waals surface area contributed by atoms with E-state index in [-0.39, 0.29) is 19.6 Å². The lowest BCUT2D eigenvalue weighted by Crippen LogP contribution is -2.64. The SMILES string of the molecule is OCCCCC(O)C[C@]1(O)[C@H](O)[C@@H](O)CO[C@@H]1CO. The van der Waals surface area contributed by atoms with Gasteiger partial charge in [0.15, 0.2) is 0 Å². The van der Waals surface area contributed by atoms with E-state index in [9.17, 15) is 20.4 Å². The first kappa shape index (κ1) is 16.8. The molecule has 1 heterocycles. The summed E-state index contributed by atoms with van der Waals surface area (Å²) in [5.74, 6) is 0. The minimum atomic E-state index is -1.88. The predicted octanol–water partition coefficient (Wildman–Crippen LogP) is -2.26. The zero-order valence-electron chi connectivity index (χ0n) is 10.9. The van der Waals surface area contributed by atoms with Crippen molar-refractivity contribution in [1.82, 2.24) is 0 Å².